The van der Waals surface area contributed by atoms with Crippen molar-refractivity contribution < 1.29 is 31.9 Å². The summed E-state index contributed by atoms with van der Waals surface area (Å²) in [6.45, 7) is 4.48. The average molecular weight is 443 g/mol. The van der Waals surface area contributed by atoms with Crippen LogP contribution in [0.2, 0.25) is 0 Å². The zero-order valence-corrected chi connectivity index (χ0v) is 18.8. The van der Waals surface area contributed by atoms with Crippen LogP contribution in [0.25, 0.3) is 0 Å². The van der Waals surface area contributed by atoms with Gasteiger partial charge in [0.15, 0.2) is 5.69 Å². The van der Waals surface area contributed by atoms with Crippen LogP contribution in [0.3, 0.4) is 0 Å². The van der Waals surface area contributed by atoms with E-state index < -0.39 is 21.4 Å². The van der Waals surface area contributed by atoms with Crippen molar-refractivity contribution in [1.82, 2.24) is 9.29 Å². The van der Waals surface area contributed by atoms with Crippen LogP contribution in [0, 0.1) is 16.7 Å². The molecule has 0 amide bonds. The van der Waals surface area contributed by atoms with Crippen LogP contribution in [0.5, 0.6) is 0 Å². The lowest BCUT2D eigenvalue weighted by molar-refractivity contribution is -0.128. The Bertz CT molecular complexity index is 908. The van der Waals surface area contributed by atoms with Crippen LogP contribution in [-0.2, 0) is 30.8 Å². The van der Waals surface area contributed by atoms with Gasteiger partial charge >= 0.3 is 5.97 Å². The Morgan fingerprint density at radius 2 is 2.10 bits per heavy atom. The van der Waals surface area contributed by atoms with Gasteiger partial charge in [0.25, 0.3) is 0 Å². The fourth-order valence-electron chi connectivity index (χ4n) is 4.95. The standard InChI is InChI=1S/C20H30N2O7S/c1-19(2)14-6-7-20(19,16(23)10-14)13-30(25,26)22(8-5-9-27-3)11-17-21-15(12-29-17)18(24)28-4/h12,14H,5-11,13H2,1-4H3. The fourth-order valence-corrected chi connectivity index (χ4v) is 7.14. The van der Waals surface area contributed by atoms with Gasteiger partial charge in [-0.05, 0) is 30.6 Å². The van der Waals surface area contributed by atoms with E-state index in [0.717, 1.165) is 12.7 Å². The molecule has 2 aliphatic rings. The highest BCUT2D eigenvalue weighted by molar-refractivity contribution is 7.89. The summed E-state index contributed by atoms with van der Waals surface area (Å²) in [5.74, 6) is -0.507. The van der Waals surface area contributed by atoms with Crippen molar-refractivity contribution in [3.8, 4) is 0 Å². The van der Waals surface area contributed by atoms with Gasteiger partial charge < -0.3 is 13.9 Å². The molecule has 0 radical (unpaired) electrons. The molecule has 2 unspecified atom stereocenters. The maximum Gasteiger partial charge on any atom is 0.360 e. The van der Waals surface area contributed by atoms with E-state index >= 15 is 0 Å². The lowest BCUT2D eigenvalue weighted by Gasteiger charge is -2.37. The Morgan fingerprint density at radius 3 is 2.67 bits per heavy atom. The number of rotatable bonds is 10. The van der Waals surface area contributed by atoms with Crippen molar-refractivity contribution in [2.45, 2.75) is 46.1 Å². The Balaban J connectivity index is 1.84. The van der Waals surface area contributed by atoms with Gasteiger partial charge in [-0.25, -0.2) is 18.2 Å². The van der Waals surface area contributed by atoms with E-state index in [1.165, 1.54) is 11.4 Å². The van der Waals surface area contributed by atoms with E-state index in [-0.39, 0.29) is 47.5 Å². The number of esters is 1. The molecule has 0 aromatic carbocycles. The predicted octanol–water partition coefficient (Wildman–Crippen LogP) is 2.02. The first kappa shape index (κ1) is 22.9. The SMILES string of the molecule is COCCCN(Cc1nc(C(=O)OC)co1)S(=O)(=O)CC12CCC(CC1=O)C2(C)C. The summed E-state index contributed by atoms with van der Waals surface area (Å²) in [5, 5.41) is 0. The zero-order chi connectivity index (χ0) is 22.2. The molecule has 3 rings (SSSR count). The molecule has 168 valence electrons. The summed E-state index contributed by atoms with van der Waals surface area (Å²) in [6, 6.07) is 0. The molecule has 1 aromatic rings. The molecule has 30 heavy (non-hydrogen) atoms. The molecule has 2 aliphatic carbocycles. The highest BCUT2D eigenvalue weighted by atomic mass is 32.2. The van der Waals surface area contributed by atoms with Crippen LogP contribution in [0.15, 0.2) is 10.7 Å². The number of sulfonamides is 1. The first-order valence-electron chi connectivity index (χ1n) is 10.1. The second-order valence-electron chi connectivity index (χ2n) is 8.72. The first-order valence-corrected chi connectivity index (χ1v) is 11.7. The van der Waals surface area contributed by atoms with Crippen molar-refractivity contribution in [3.63, 3.8) is 0 Å². The number of aromatic nitrogens is 1. The van der Waals surface area contributed by atoms with Crippen molar-refractivity contribution in [1.29, 1.82) is 0 Å². The third kappa shape index (κ3) is 3.92. The third-order valence-electron chi connectivity index (χ3n) is 6.98. The van der Waals surface area contributed by atoms with Crippen molar-refractivity contribution in [2.24, 2.45) is 16.7 Å². The number of carbonyl (C=O) groups excluding carboxylic acids is 2. The number of hydrogen-bond donors (Lipinski definition) is 0. The van der Waals surface area contributed by atoms with Crippen LogP contribution >= 0.6 is 0 Å². The summed E-state index contributed by atoms with van der Waals surface area (Å²) in [6.07, 6.45) is 3.55. The van der Waals surface area contributed by atoms with Gasteiger partial charge in [-0.15, -0.1) is 0 Å². The molecule has 0 N–H and O–H groups in total. The Kier molecular flexibility index (Phi) is 6.41. The largest absolute Gasteiger partial charge is 0.464 e. The second-order valence-corrected chi connectivity index (χ2v) is 10.7. The minimum Gasteiger partial charge on any atom is -0.464 e. The minimum atomic E-state index is -3.81. The molecule has 0 spiro atoms. The Hall–Kier alpha value is -1.78. The van der Waals surface area contributed by atoms with Crippen molar-refractivity contribution >= 4 is 21.8 Å². The maximum atomic E-state index is 13.5. The molecule has 2 saturated carbocycles. The molecule has 2 bridgehead atoms. The molecule has 10 heteroatoms. The predicted molar refractivity (Wildman–Crippen MR) is 107 cm³/mol. The number of ether oxygens (including phenoxy) is 2. The number of methoxy groups -OCH3 is 2. The number of ketones is 1. The zero-order valence-electron chi connectivity index (χ0n) is 18.0. The lowest BCUT2D eigenvalue weighted by Crippen LogP contribution is -2.46. The van der Waals surface area contributed by atoms with Crippen LogP contribution in [0.4, 0.5) is 0 Å². The van der Waals surface area contributed by atoms with E-state index in [4.69, 9.17) is 9.15 Å². The average Bonchev–Trinajstić information content (AvgIpc) is 3.29. The molecule has 0 aliphatic heterocycles. The number of nitrogens with zero attached hydrogens (tertiary/aromatic N) is 2. The van der Waals surface area contributed by atoms with E-state index in [1.807, 2.05) is 13.8 Å². The van der Waals surface area contributed by atoms with E-state index in [9.17, 15) is 18.0 Å². The second kappa shape index (κ2) is 8.39. The van der Waals surface area contributed by atoms with Gasteiger partial charge in [0, 0.05) is 32.1 Å². The van der Waals surface area contributed by atoms with Gasteiger partial charge in [0.2, 0.25) is 15.9 Å². The topological polar surface area (TPSA) is 116 Å². The Morgan fingerprint density at radius 1 is 1.37 bits per heavy atom. The van der Waals surface area contributed by atoms with Gasteiger partial charge in [0.05, 0.1) is 19.4 Å². The molecule has 2 atom stereocenters. The quantitative estimate of drug-likeness (QED) is 0.399. The summed E-state index contributed by atoms with van der Waals surface area (Å²) in [5.41, 5.74) is -1.23. The van der Waals surface area contributed by atoms with Gasteiger partial charge in [0.1, 0.15) is 12.0 Å². The third-order valence-corrected chi connectivity index (χ3v) is 8.93. The molecule has 2 fully saturated rings. The lowest BCUT2D eigenvalue weighted by atomic mass is 9.70. The molecule has 0 saturated heterocycles. The van der Waals surface area contributed by atoms with Gasteiger partial charge in [-0.1, -0.05) is 13.8 Å². The molecular weight excluding hydrogens is 412 g/mol. The number of Topliss-reactive ketones (excluding diaryl/α,β-unsaturated/α-hetero) is 1. The smallest absolute Gasteiger partial charge is 0.360 e. The van der Waals surface area contributed by atoms with E-state index in [0.29, 0.717) is 25.9 Å². The van der Waals surface area contributed by atoms with Crippen LogP contribution in [-0.4, -0.2) is 62.6 Å². The molecule has 1 heterocycles. The van der Waals surface area contributed by atoms with Gasteiger partial charge in [-0.2, -0.15) is 4.31 Å². The normalized spacial score (nSPS) is 25.2. The summed E-state index contributed by atoms with van der Waals surface area (Å²) < 4.78 is 43.2. The highest BCUT2D eigenvalue weighted by Crippen LogP contribution is 2.64. The first-order chi connectivity index (χ1) is 14.1. The Labute approximate surface area is 177 Å². The number of hydrogen-bond acceptors (Lipinski definition) is 8. The molecular formula is C20H30N2O7S. The minimum absolute atomic E-state index is 0.0222. The maximum absolute atomic E-state index is 13.5. The number of fused-ring (bicyclic) bond motifs is 2. The summed E-state index contributed by atoms with van der Waals surface area (Å²) in [7, 11) is -1.03. The molecule has 9 nitrogen and oxygen atoms in total. The fraction of sp³-hybridized carbons (Fsp3) is 0.750. The van der Waals surface area contributed by atoms with Crippen molar-refractivity contribution in [2.75, 3.05) is 33.1 Å². The van der Waals surface area contributed by atoms with Gasteiger partial charge in [-0.3, -0.25) is 4.79 Å². The number of oxazole rings is 1. The highest BCUT2D eigenvalue weighted by Gasteiger charge is 2.65. The van der Waals surface area contributed by atoms with E-state index in [2.05, 4.69) is 9.72 Å². The van der Waals surface area contributed by atoms with Crippen molar-refractivity contribution in [3.05, 3.63) is 17.8 Å². The summed E-state index contributed by atoms with van der Waals surface area (Å²) >= 11 is 0. The number of carbonyl (C=O) groups is 2. The monoisotopic (exact) mass is 442 g/mol. The summed E-state index contributed by atoms with van der Waals surface area (Å²) in [4.78, 5) is 28.5. The van der Waals surface area contributed by atoms with Crippen LogP contribution in [0.1, 0.15) is 55.9 Å². The molecule has 1 aromatic heterocycles. The van der Waals surface area contributed by atoms with E-state index in [1.54, 1.807) is 7.11 Å². The van der Waals surface area contributed by atoms with Crippen LogP contribution < -0.4 is 0 Å².